The number of amides is 1. The van der Waals surface area contributed by atoms with Gasteiger partial charge in [0.1, 0.15) is 16.5 Å². The largest absolute Gasteiger partial charge is 0.321 e. The van der Waals surface area contributed by atoms with E-state index in [4.69, 9.17) is 0 Å². The first-order chi connectivity index (χ1) is 16.8. The molecule has 8 nitrogen and oxygen atoms in total. The number of nitrogens with zero attached hydrogens (tertiary/aromatic N) is 6. The third kappa shape index (κ3) is 3.84. The van der Waals surface area contributed by atoms with Crippen molar-refractivity contribution in [1.82, 2.24) is 29.7 Å². The van der Waals surface area contributed by atoms with E-state index in [1.165, 1.54) is 24.0 Å². The van der Waals surface area contributed by atoms with E-state index in [0.29, 0.717) is 16.4 Å². The van der Waals surface area contributed by atoms with Crippen LogP contribution in [-0.4, -0.2) is 35.6 Å². The van der Waals surface area contributed by atoms with Crippen LogP contribution in [0.2, 0.25) is 0 Å². The van der Waals surface area contributed by atoms with Gasteiger partial charge in [0.05, 0.1) is 10.2 Å². The number of carbonyl (C=O) groups excluding carboxylic acids is 1. The molecule has 0 fully saturated rings. The number of anilines is 1. The summed E-state index contributed by atoms with van der Waals surface area (Å²) in [7, 11) is 0. The molecule has 4 heterocycles. The Morgan fingerprint density at radius 2 is 1.88 bits per heavy atom. The van der Waals surface area contributed by atoms with Gasteiger partial charge in [-0.1, -0.05) is 30.7 Å². The summed E-state index contributed by atoms with van der Waals surface area (Å²) in [5.41, 5.74) is 3.17. The fourth-order valence-corrected chi connectivity index (χ4v) is 5.22. The summed E-state index contributed by atoms with van der Waals surface area (Å²) in [6, 6.07) is 15.5. The second-order valence-electron chi connectivity index (χ2n) is 8.18. The SMILES string of the molecule is O=C(Nc1cccc(-c2nnc3n2CCCCC3)c1)c1nccnc1-c1nc2ccccc2s1. The fourth-order valence-electron chi connectivity index (χ4n) is 4.26. The van der Waals surface area contributed by atoms with Crippen molar-refractivity contribution in [2.75, 3.05) is 5.32 Å². The minimum atomic E-state index is -0.334. The standard InChI is InChI=1S/C25H21N7OS/c33-24(21-22(27-13-12-26-21)25-29-18-9-3-4-10-19(18)34-25)28-17-8-6-7-16(15-17)23-31-30-20-11-2-1-5-14-32(20)23/h3-4,6-10,12-13,15H,1-2,5,11,14H2,(H,28,33). The lowest BCUT2D eigenvalue weighted by molar-refractivity contribution is 0.102. The highest BCUT2D eigenvalue weighted by Gasteiger charge is 2.20. The molecule has 0 saturated heterocycles. The number of fused-ring (bicyclic) bond motifs is 2. The van der Waals surface area contributed by atoms with Crippen LogP contribution in [0.4, 0.5) is 5.69 Å². The van der Waals surface area contributed by atoms with Gasteiger partial charge in [-0.2, -0.15) is 0 Å². The van der Waals surface area contributed by atoms with E-state index >= 15 is 0 Å². The maximum absolute atomic E-state index is 13.2. The summed E-state index contributed by atoms with van der Waals surface area (Å²) in [4.78, 5) is 26.6. The molecule has 0 saturated carbocycles. The topological polar surface area (TPSA) is 98.5 Å². The molecule has 3 aromatic heterocycles. The predicted octanol–water partition coefficient (Wildman–Crippen LogP) is 4.99. The van der Waals surface area contributed by atoms with Crippen molar-refractivity contribution in [2.45, 2.75) is 32.2 Å². The molecule has 168 valence electrons. The van der Waals surface area contributed by atoms with Crippen LogP contribution in [0, 0.1) is 0 Å². The van der Waals surface area contributed by atoms with E-state index in [2.05, 4.69) is 35.0 Å². The molecule has 0 spiro atoms. The molecule has 5 aromatic rings. The number of hydrogen-bond acceptors (Lipinski definition) is 7. The van der Waals surface area contributed by atoms with Crippen molar-refractivity contribution in [3.05, 3.63) is 72.4 Å². The van der Waals surface area contributed by atoms with Crippen LogP contribution in [0.5, 0.6) is 0 Å². The van der Waals surface area contributed by atoms with Crippen LogP contribution in [0.3, 0.4) is 0 Å². The third-order valence-corrected chi connectivity index (χ3v) is 6.94. The predicted molar refractivity (Wildman–Crippen MR) is 132 cm³/mol. The number of carbonyl (C=O) groups is 1. The average molecular weight is 468 g/mol. The van der Waals surface area contributed by atoms with E-state index in [1.54, 1.807) is 6.20 Å². The zero-order chi connectivity index (χ0) is 22.9. The molecule has 1 aliphatic heterocycles. The summed E-state index contributed by atoms with van der Waals surface area (Å²) in [5, 5.41) is 12.5. The van der Waals surface area contributed by atoms with Gasteiger partial charge in [-0.15, -0.1) is 21.5 Å². The summed E-state index contributed by atoms with van der Waals surface area (Å²) in [6.45, 7) is 0.916. The van der Waals surface area contributed by atoms with Gasteiger partial charge in [0.2, 0.25) is 0 Å². The quantitative estimate of drug-likeness (QED) is 0.400. The number of para-hydroxylation sites is 1. The first-order valence-electron chi connectivity index (χ1n) is 11.3. The Hall–Kier alpha value is -3.98. The minimum Gasteiger partial charge on any atom is -0.321 e. The molecule has 0 unspecified atom stereocenters. The van der Waals surface area contributed by atoms with Gasteiger partial charge in [-0.25, -0.2) is 15.0 Å². The van der Waals surface area contributed by atoms with Crippen molar-refractivity contribution in [3.63, 3.8) is 0 Å². The molecule has 34 heavy (non-hydrogen) atoms. The second-order valence-corrected chi connectivity index (χ2v) is 9.21. The van der Waals surface area contributed by atoms with Crippen molar-refractivity contribution >= 4 is 33.1 Å². The number of aryl methyl sites for hydroxylation is 1. The van der Waals surface area contributed by atoms with Gasteiger partial charge in [0, 0.05) is 36.6 Å². The maximum atomic E-state index is 13.2. The monoisotopic (exact) mass is 467 g/mol. The molecular weight excluding hydrogens is 446 g/mol. The zero-order valence-corrected chi connectivity index (χ0v) is 19.1. The number of benzene rings is 2. The summed E-state index contributed by atoms with van der Waals surface area (Å²) in [5.74, 6) is 1.53. The van der Waals surface area contributed by atoms with E-state index in [9.17, 15) is 4.79 Å². The maximum Gasteiger partial charge on any atom is 0.276 e. The molecule has 1 amide bonds. The summed E-state index contributed by atoms with van der Waals surface area (Å²) < 4.78 is 3.23. The number of aromatic nitrogens is 6. The molecule has 0 radical (unpaired) electrons. The third-order valence-electron chi connectivity index (χ3n) is 5.90. The van der Waals surface area contributed by atoms with Crippen molar-refractivity contribution in [3.8, 4) is 22.1 Å². The minimum absolute atomic E-state index is 0.239. The molecule has 2 aromatic carbocycles. The van der Waals surface area contributed by atoms with Crippen molar-refractivity contribution in [1.29, 1.82) is 0 Å². The Labute approximate surface area is 199 Å². The van der Waals surface area contributed by atoms with Gasteiger partial charge in [-0.3, -0.25) is 4.79 Å². The number of thiazole rings is 1. The van der Waals surface area contributed by atoms with Gasteiger partial charge in [-0.05, 0) is 37.1 Å². The molecule has 0 atom stereocenters. The van der Waals surface area contributed by atoms with E-state index in [-0.39, 0.29) is 11.6 Å². The van der Waals surface area contributed by atoms with Crippen LogP contribution in [0.15, 0.2) is 60.9 Å². The molecule has 1 N–H and O–H groups in total. The first-order valence-corrected chi connectivity index (χ1v) is 12.1. The fraction of sp³-hybridized carbons (Fsp3) is 0.200. The normalized spacial score (nSPS) is 13.4. The molecule has 0 aliphatic carbocycles. The average Bonchev–Trinajstić information content (AvgIpc) is 3.41. The molecule has 6 rings (SSSR count). The van der Waals surface area contributed by atoms with E-state index in [0.717, 1.165) is 53.2 Å². The van der Waals surface area contributed by atoms with Crippen LogP contribution in [0.25, 0.3) is 32.3 Å². The second kappa shape index (κ2) is 8.75. The van der Waals surface area contributed by atoms with E-state index < -0.39 is 0 Å². The molecule has 1 aliphatic rings. The van der Waals surface area contributed by atoms with Crippen LogP contribution in [0.1, 0.15) is 35.6 Å². The van der Waals surface area contributed by atoms with Crippen LogP contribution < -0.4 is 5.32 Å². The molecular formula is C25H21N7OS. The number of nitrogens with one attached hydrogen (secondary N) is 1. The number of rotatable bonds is 4. The van der Waals surface area contributed by atoms with Crippen LogP contribution >= 0.6 is 11.3 Å². The molecule has 0 bridgehead atoms. The highest BCUT2D eigenvalue weighted by Crippen LogP contribution is 2.31. The van der Waals surface area contributed by atoms with Gasteiger partial charge in [0.15, 0.2) is 11.5 Å². The molecule has 9 heteroatoms. The van der Waals surface area contributed by atoms with Crippen molar-refractivity contribution < 1.29 is 4.79 Å². The van der Waals surface area contributed by atoms with Gasteiger partial charge < -0.3 is 9.88 Å². The Morgan fingerprint density at radius 3 is 2.82 bits per heavy atom. The van der Waals surface area contributed by atoms with Gasteiger partial charge in [0.25, 0.3) is 5.91 Å². The highest BCUT2D eigenvalue weighted by molar-refractivity contribution is 7.21. The first kappa shape index (κ1) is 20.6. The zero-order valence-electron chi connectivity index (χ0n) is 18.3. The Morgan fingerprint density at radius 1 is 0.971 bits per heavy atom. The lowest BCUT2D eigenvalue weighted by Crippen LogP contribution is -2.15. The summed E-state index contributed by atoms with van der Waals surface area (Å²) in [6.07, 6.45) is 7.51. The van der Waals surface area contributed by atoms with Crippen LogP contribution in [-0.2, 0) is 13.0 Å². The van der Waals surface area contributed by atoms with Crippen molar-refractivity contribution in [2.24, 2.45) is 0 Å². The highest BCUT2D eigenvalue weighted by atomic mass is 32.1. The lowest BCUT2D eigenvalue weighted by atomic mass is 10.1. The Balaban J connectivity index is 1.30. The Kier molecular flexibility index (Phi) is 5.31. The summed E-state index contributed by atoms with van der Waals surface area (Å²) >= 11 is 1.49. The number of hydrogen-bond donors (Lipinski definition) is 1. The lowest BCUT2D eigenvalue weighted by Gasteiger charge is -2.10. The van der Waals surface area contributed by atoms with Gasteiger partial charge >= 0.3 is 0 Å². The smallest absolute Gasteiger partial charge is 0.276 e. The van der Waals surface area contributed by atoms with E-state index in [1.807, 2.05) is 48.5 Å². The Bertz CT molecular complexity index is 1470.